The van der Waals surface area contributed by atoms with Crippen LogP contribution in [0.1, 0.15) is 10.4 Å². The number of carboxylic acid groups (broad SMARTS) is 1. The third-order valence-electron chi connectivity index (χ3n) is 4.57. The van der Waals surface area contributed by atoms with E-state index in [1.54, 1.807) is 32.4 Å². The Labute approximate surface area is 174 Å². The molecule has 8 heteroatoms. The van der Waals surface area contributed by atoms with Crippen LogP contribution in [0.25, 0.3) is 33.5 Å². The smallest absolute Gasteiger partial charge is 0.336 e. The molecule has 0 spiro atoms. The van der Waals surface area contributed by atoms with Crippen LogP contribution in [0, 0.1) is 0 Å². The Bertz CT molecular complexity index is 1220. The Balaban J connectivity index is 1.94. The molecule has 0 amide bonds. The number of aromatic nitrogens is 3. The van der Waals surface area contributed by atoms with Crippen LogP contribution in [0.2, 0.25) is 0 Å². The van der Waals surface area contributed by atoms with E-state index >= 15 is 0 Å². The predicted octanol–water partition coefficient (Wildman–Crippen LogP) is 4.77. The van der Waals surface area contributed by atoms with Crippen LogP contribution in [-0.4, -0.2) is 40.5 Å². The number of pyridine rings is 1. The Morgan fingerprint density at radius 1 is 1.07 bits per heavy atom. The van der Waals surface area contributed by atoms with Crippen molar-refractivity contribution in [2.75, 3.05) is 14.2 Å². The summed E-state index contributed by atoms with van der Waals surface area (Å²) in [6.45, 7) is 0. The van der Waals surface area contributed by atoms with Crippen LogP contribution in [0.3, 0.4) is 0 Å². The molecule has 2 aromatic heterocycles. The minimum atomic E-state index is -1.07. The molecule has 0 bridgehead atoms. The first-order valence-corrected chi connectivity index (χ1v) is 9.42. The van der Waals surface area contributed by atoms with E-state index in [-0.39, 0.29) is 5.56 Å². The van der Waals surface area contributed by atoms with Gasteiger partial charge in [-0.1, -0.05) is 15.9 Å². The zero-order valence-corrected chi connectivity index (χ0v) is 17.1. The number of nitrogens with zero attached hydrogens (tertiary/aromatic N) is 2. The Morgan fingerprint density at radius 3 is 2.48 bits per heavy atom. The molecule has 2 heterocycles. The van der Waals surface area contributed by atoms with Gasteiger partial charge in [0.05, 0.1) is 36.6 Å². The highest BCUT2D eigenvalue weighted by Gasteiger charge is 2.21. The van der Waals surface area contributed by atoms with Crippen molar-refractivity contribution in [1.82, 2.24) is 15.2 Å². The Hall–Kier alpha value is -3.39. The molecule has 0 aliphatic heterocycles. The van der Waals surface area contributed by atoms with E-state index in [2.05, 4.69) is 31.1 Å². The molecule has 4 aromatic rings. The Kier molecular flexibility index (Phi) is 4.94. The highest BCUT2D eigenvalue weighted by Crippen LogP contribution is 2.36. The van der Waals surface area contributed by atoms with Gasteiger partial charge in [-0.05, 0) is 48.5 Å². The first kappa shape index (κ1) is 18.9. The summed E-state index contributed by atoms with van der Waals surface area (Å²) in [5.74, 6) is 0.226. The standard InChI is InChI=1S/C21H16BrN3O4/c1-28-13-6-3-11(4-7-13)19-18-15(21(26)27)10-16(23-20(18)25-24-19)14-9-12(22)5-8-17(14)29-2/h3-10H,1-2H3,(H,26,27)(H,23,24,25). The van der Waals surface area contributed by atoms with Crippen molar-refractivity contribution in [3.05, 3.63) is 58.6 Å². The van der Waals surface area contributed by atoms with Crippen LogP contribution >= 0.6 is 15.9 Å². The normalized spacial score (nSPS) is 10.9. The van der Waals surface area contributed by atoms with Gasteiger partial charge in [-0.25, -0.2) is 9.78 Å². The fraction of sp³-hybridized carbons (Fsp3) is 0.0952. The van der Waals surface area contributed by atoms with Crippen molar-refractivity contribution in [2.24, 2.45) is 0 Å². The zero-order chi connectivity index (χ0) is 20.5. The van der Waals surface area contributed by atoms with Crippen molar-refractivity contribution in [2.45, 2.75) is 0 Å². The van der Waals surface area contributed by atoms with Gasteiger partial charge in [0.2, 0.25) is 0 Å². The summed E-state index contributed by atoms with van der Waals surface area (Å²) in [6.07, 6.45) is 0. The molecule has 0 fully saturated rings. The summed E-state index contributed by atoms with van der Waals surface area (Å²) in [5, 5.41) is 17.5. The van der Waals surface area contributed by atoms with E-state index in [9.17, 15) is 9.90 Å². The fourth-order valence-corrected chi connectivity index (χ4v) is 3.54. The molecule has 0 saturated carbocycles. The van der Waals surface area contributed by atoms with E-state index < -0.39 is 5.97 Å². The summed E-state index contributed by atoms with van der Waals surface area (Å²) in [4.78, 5) is 16.7. The molecule has 0 unspecified atom stereocenters. The molecule has 0 aliphatic carbocycles. The summed E-state index contributed by atoms with van der Waals surface area (Å²) >= 11 is 3.43. The quantitative estimate of drug-likeness (QED) is 0.451. The number of carboxylic acids is 1. The first-order chi connectivity index (χ1) is 14.0. The molecule has 7 nitrogen and oxygen atoms in total. The van der Waals surface area contributed by atoms with Crippen LogP contribution in [-0.2, 0) is 0 Å². The van der Waals surface area contributed by atoms with Crippen LogP contribution in [0.4, 0.5) is 0 Å². The number of hydrogen-bond acceptors (Lipinski definition) is 5. The van der Waals surface area contributed by atoms with Gasteiger partial charge in [0.15, 0.2) is 5.65 Å². The average Bonchev–Trinajstić information content (AvgIpc) is 3.17. The third kappa shape index (κ3) is 3.42. The molecule has 29 heavy (non-hydrogen) atoms. The summed E-state index contributed by atoms with van der Waals surface area (Å²) < 4.78 is 11.4. The van der Waals surface area contributed by atoms with Crippen molar-refractivity contribution in [3.63, 3.8) is 0 Å². The lowest BCUT2D eigenvalue weighted by atomic mass is 10.0. The highest BCUT2D eigenvalue weighted by atomic mass is 79.9. The number of halogens is 1. The number of methoxy groups -OCH3 is 2. The molecular weight excluding hydrogens is 438 g/mol. The maximum absolute atomic E-state index is 12.1. The van der Waals surface area contributed by atoms with Crippen molar-refractivity contribution < 1.29 is 19.4 Å². The lowest BCUT2D eigenvalue weighted by Gasteiger charge is -2.10. The monoisotopic (exact) mass is 453 g/mol. The fourth-order valence-electron chi connectivity index (χ4n) is 3.18. The zero-order valence-electron chi connectivity index (χ0n) is 15.6. The summed E-state index contributed by atoms with van der Waals surface area (Å²) in [6, 6.07) is 14.3. The second kappa shape index (κ2) is 7.56. The number of aromatic amines is 1. The molecule has 146 valence electrons. The van der Waals surface area contributed by atoms with Gasteiger partial charge in [-0.2, -0.15) is 5.10 Å². The number of benzene rings is 2. The minimum absolute atomic E-state index is 0.103. The van der Waals surface area contributed by atoms with Crippen molar-refractivity contribution in [1.29, 1.82) is 0 Å². The van der Waals surface area contributed by atoms with Gasteiger partial charge in [-0.15, -0.1) is 0 Å². The number of ether oxygens (including phenoxy) is 2. The molecule has 0 saturated heterocycles. The lowest BCUT2D eigenvalue weighted by Crippen LogP contribution is -2.01. The number of H-pyrrole nitrogens is 1. The number of nitrogens with one attached hydrogen (secondary N) is 1. The number of carbonyl (C=O) groups is 1. The maximum Gasteiger partial charge on any atom is 0.336 e. The highest BCUT2D eigenvalue weighted by molar-refractivity contribution is 9.10. The number of rotatable bonds is 5. The predicted molar refractivity (Wildman–Crippen MR) is 113 cm³/mol. The van der Waals surface area contributed by atoms with Gasteiger partial charge in [0.1, 0.15) is 11.5 Å². The second-order valence-corrected chi connectivity index (χ2v) is 7.15. The summed E-state index contributed by atoms with van der Waals surface area (Å²) in [5.41, 5.74) is 2.91. The number of aromatic carboxylic acids is 1. The number of fused-ring (bicyclic) bond motifs is 1. The van der Waals surface area contributed by atoms with E-state index in [4.69, 9.17) is 9.47 Å². The Morgan fingerprint density at radius 2 is 1.83 bits per heavy atom. The molecule has 2 aromatic carbocycles. The summed E-state index contributed by atoms with van der Waals surface area (Å²) in [7, 11) is 3.14. The third-order valence-corrected chi connectivity index (χ3v) is 5.06. The molecule has 0 aliphatic rings. The van der Waals surface area contributed by atoms with Crippen LogP contribution in [0.15, 0.2) is 53.0 Å². The van der Waals surface area contributed by atoms with Gasteiger partial charge >= 0.3 is 5.97 Å². The molecule has 4 rings (SSSR count). The van der Waals surface area contributed by atoms with E-state index in [1.807, 2.05) is 24.3 Å². The van der Waals surface area contributed by atoms with Crippen molar-refractivity contribution >= 4 is 32.9 Å². The van der Waals surface area contributed by atoms with E-state index in [1.165, 1.54) is 6.07 Å². The minimum Gasteiger partial charge on any atom is -0.497 e. The van der Waals surface area contributed by atoms with Gasteiger partial charge in [0, 0.05) is 15.6 Å². The number of hydrogen-bond donors (Lipinski definition) is 2. The van der Waals surface area contributed by atoms with E-state index in [0.29, 0.717) is 39.5 Å². The van der Waals surface area contributed by atoms with Crippen LogP contribution in [0.5, 0.6) is 11.5 Å². The molecule has 0 radical (unpaired) electrons. The van der Waals surface area contributed by atoms with Gasteiger partial charge < -0.3 is 14.6 Å². The second-order valence-electron chi connectivity index (χ2n) is 6.23. The molecular formula is C21H16BrN3O4. The first-order valence-electron chi connectivity index (χ1n) is 8.62. The van der Waals surface area contributed by atoms with Crippen LogP contribution < -0.4 is 9.47 Å². The van der Waals surface area contributed by atoms with Gasteiger partial charge in [0.25, 0.3) is 0 Å². The van der Waals surface area contributed by atoms with Crippen molar-refractivity contribution in [3.8, 4) is 34.0 Å². The topological polar surface area (TPSA) is 97.3 Å². The lowest BCUT2D eigenvalue weighted by molar-refractivity contribution is 0.0699. The maximum atomic E-state index is 12.1. The molecule has 2 N–H and O–H groups in total. The largest absolute Gasteiger partial charge is 0.497 e. The average molecular weight is 454 g/mol. The van der Waals surface area contributed by atoms with E-state index in [0.717, 1.165) is 10.0 Å². The molecule has 0 atom stereocenters. The SMILES string of the molecule is COc1ccc(-c2[nH]nc3nc(-c4cc(Br)ccc4OC)cc(C(=O)O)c23)cc1. The van der Waals surface area contributed by atoms with Gasteiger partial charge in [-0.3, -0.25) is 5.10 Å².